The van der Waals surface area contributed by atoms with Crippen LogP contribution in [-0.2, 0) is 11.2 Å². The Kier molecular flexibility index (Phi) is 4.86. The van der Waals surface area contributed by atoms with Crippen molar-refractivity contribution in [3.05, 3.63) is 44.6 Å². The van der Waals surface area contributed by atoms with E-state index in [-0.39, 0.29) is 5.91 Å². The van der Waals surface area contributed by atoms with E-state index < -0.39 is 0 Å². The van der Waals surface area contributed by atoms with E-state index in [9.17, 15) is 4.79 Å². The first-order valence-corrected chi connectivity index (χ1v) is 10.3. The zero-order chi connectivity index (χ0) is 17.4. The summed E-state index contributed by atoms with van der Waals surface area (Å²) in [5.41, 5.74) is 0.859. The van der Waals surface area contributed by atoms with E-state index in [4.69, 9.17) is 23.2 Å². The quantitative estimate of drug-likeness (QED) is 0.633. The molecule has 0 unspecified atom stereocenters. The Hall–Kier alpha value is -1.34. The number of rotatable bonds is 3. The van der Waals surface area contributed by atoms with E-state index >= 15 is 0 Å². The molecule has 4 rings (SSSR count). The van der Waals surface area contributed by atoms with E-state index in [2.05, 4.69) is 9.88 Å². The first kappa shape index (κ1) is 17.1. The van der Waals surface area contributed by atoms with Gasteiger partial charge in [-0.05, 0) is 24.3 Å². The summed E-state index contributed by atoms with van der Waals surface area (Å²) in [6.07, 6.45) is 0.425. The summed E-state index contributed by atoms with van der Waals surface area (Å²) in [7, 11) is 0. The lowest BCUT2D eigenvalue weighted by Gasteiger charge is -2.34. The van der Waals surface area contributed by atoms with Crippen LogP contribution in [0, 0.1) is 0 Å². The van der Waals surface area contributed by atoms with Crippen LogP contribution in [0.5, 0.6) is 0 Å². The fourth-order valence-electron chi connectivity index (χ4n) is 2.89. The number of thiazole rings is 1. The van der Waals surface area contributed by atoms with Crippen LogP contribution in [0.2, 0.25) is 9.36 Å². The number of amides is 1. The van der Waals surface area contributed by atoms with Crippen molar-refractivity contribution in [3.8, 4) is 0 Å². The van der Waals surface area contributed by atoms with Crippen LogP contribution >= 0.6 is 45.9 Å². The third kappa shape index (κ3) is 3.62. The van der Waals surface area contributed by atoms with Gasteiger partial charge in [0.15, 0.2) is 5.13 Å². The third-order valence-corrected chi connectivity index (χ3v) is 6.83. The molecule has 0 atom stereocenters. The zero-order valence-corrected chi connectivity index (χ0v) is 16.4. The van der Waals surface area contributed by atoms with E-state index in [1.165, 1.54) is 11.3 Å². The molecule has 1 aromatic carbocycles. The fourth-order valence-corrected chi connectivity index (χ4v) is 5.29. The van der Waals surface area contributed by atoms with E-state index in [0.717, 1.165) is 37.7 Å². The first-order valence-electron chi connectivity index (χ1n) is 7.92. The lowest BCUT2D eigenvalue weighted by Crippen LogP contribution is -2.49. The normalized spacial score (nSPS) is 15.1. The van der Waals surface area contributed by atoms with Crippen molar-refractivity contribution in [1.29, 1.82) is 0 Å². The van der Waals surface area contributed by atoms with Gasteiger partial charge in [0.2, 0.25) is 5.91 Å². The highest BCUT2D eigenvalue weighted by molar-refractivity contribution is 7.22. The predicted molar refractivity (Wildman–Crippen MR) is 106 cm³/mol. The highest BCUT2D eigenvalue weighted by Crippen LogP contribution is 2.33. The SMILES string of the molecule is O=C(Cc1ccc(Cl)s1)N1CCN(c2nc3c(Cl)cccc3s2)CC1. The number of benzene rings is 1. The predicted octanol–water partition coefficient (Wildman–Crippen LogP) is 4.56. The van der Waals surface area contributed by atoms with Gasteiger partial charge in [0.1, 0.15) is 5.52 Å². The molecule has 4 nitrogen and oxygen atoms in total. The summed E-state index contributed by atoms with van der Waals surface area (Å²) in [5, 5.41) is 1.66. The van der Waals surface area contributed by atoms with Crippen LogP contribution in [-0.4, -0.2) is 42.0 Å². The fraction of sp³-hybridized carbons (Fsp3) is 0.294. The van der Waals surface area contributed by atoms with Gasteiger partial charge in [0.25, 0.3) is 0 Å². The number of carbonyl (C=O) groups is 1. The monoisotopic (exact) mass is 411 g/mol. The number of piperazine rings is 1. The average Bonchev–Trinajstić information content (AvgIpc) is 3.22. The molecule has 25 heavy (non-hydrogen) atoms. The Morgan fingerprint density at radius 2 is 1.88 bits per heavy atom. The molecular weight excluding hydrogens is 397 g/mol. The summed E-state index contributed by atoms with van der Waals surface area (Å²) in [4.78, 5) is 22.3. The van der Waals surface area contributed by atoms with Crippen molar-refractivity contribution < 1.29 is 4.79 Å². The largest absolute Gasteiger partial charge is 0.345 e. The van der Waals surface area contributed by atoms with Crippen molar-refractivity contribution in [2.45, 2.75) is 6.42 Å². The minimum Gasteiger partial charge on any atom is -0.345 e. The van der Waals surface area contributed by atoms with Gasteiger partial charge in [0, 0.05) is 31.1 Å². The zero-order valence-electron chi connectivity index (χ0n) is 13.2. The van der Waals surface area contributed by atoms with Crippen LogP contribution in [0.15, 0.2) is 30.3 Å². The van der Waals surface area contributed by atoms with Crippen LogP contribution in [0.1, 0.15) is 4.88 Å². The van der Waals surface area contributed by atoms with E-state index in [0.29, 0.717) is 24.5 Å². The molecule has 1 aliphatic heterocycles. The number of para-hydroxylation sites is 1. The molecule has 130 valence electrons. The van der Waals surface area contributed by atoms with E-state index in [1.807, 2.05) is 35.2 Å². The van der Waals surface area contributed by atoms with Gasteiger partial charge in [-0.3, -0.25) is 4.79 Å². The summed E-state index contributed by atoms with van der Waals surface area (Å²) in [6, 6.07) is 9.60. The maximum absolute atomic E-state index is 12.4. The molecule has 0 radical (unpaired) electrons. The van der Waals surface area contributed by atoms with Crippen molar-refractivity contribution in [2.24, 2.45) is 0 Å². The molecule has 0 aliphatic carbocycles. The lowest BCUT2D eigenvalue weighted by atomic mass is 10.2. The standard InChI is InChI=1S/C17H15Cl2N3OS2/c18-12-2-1-3-13-16(12)20-17(25-13)22-8-6-21(7-9-22)15(23)10-11-4-5-14(19)24-11/h1-5H,6-10H2. The Labute approximate surface area is 163 Å². The number of nitrogens with zero attached hydrogens (tertiary/aromatic N) is 3. The summed E-state index contributed by atoms with van der Waals surface area (Å²) in [6.45, 7) is 2.99. The highest BCUT2D eigenvalue weighted by atomic mass is 35.5. The second-order valence-electron chi connectivity index (χ2n) is 5.83. The Bertz CT molecular complexity index is 916. The van der Waals surface area contributed by atoms with Crippen molar-refractivity contribution in [3.63, 3.8) is 0 Å². The van der Waals surface area contributed by atoms with Crippen LogP contribution < -0.4 is 4.90 Å². The number of thiophene rings is 1. The van der Waals surface area contributed by atoms with Gasteiger partial charge >= 0.3 is 0 Å². The number of halogens is 2. The number of hydrogen-bond donors (Lipinski definition) is 0. The van der Waals surface area contributed by atoms with Gasteiger partial charge in [-0.25, -0.2) is 4.98 Å². The molecule has 1 aliphatic rings. The second kappa shape index (κ2) is 7.11. The van der Waals surface area contributed by atoms with Crippen LogP contribution in [0.3, 0.4) is 0 Å². The smallest absolute Gasteiger partial charge is 0.227 e. The summed E-state index contributed by atoms with van der Waals surface area (Å²) < 4.78 is 1.82. The molecular formula is C17H15Cl2N3OS2. The van der Waals surface area contributed by atoms with Crippen LogP contribution in [0.4, 0.5) is 5.13 Å². The van der Waals surface area contributed by atoms with Gasteiger partial charge in [-0.1, -0.05) is 40.6 Å². The number of aromatic nitrogens is 1. The summed E-state index contributed by atoms with van der Waals surface area (Å²) >= 11 is 15.3. The number of fused-ring (bicyclic) bond motifs is 1. The second-order valence-corrected chi connectivity index (χ2v) is 9.05. The molecule has 0 saturated carbocycles. The highest BCUT2D eigenvalue weighted by Gasteiger charge is 2.23. The Balaban J connectivity index is 1.40. The maximum atomic E-state index is 12.4. The first-order chi connectivity index (χ1) is 12.1. The van der Waals surface area contributed by atoms with Gasteiger partial charge in [0.05, 0.1) is 20.5 Å². The molecule has 1 saturated heterocycles. The molecule has 1 fully saturated rings. The van der Waals surface area contributed by atoms with Crippen LogP contribution in [0.25, 0.3) is 10.2 Å². The number of anilines is 1. The molecule has 0 bridgehead atoms. The molecule has 3 aromatic rings. The third-order valence-electron chi connectivity index (χ3n) is 4.22. The van der Waals surface area contributed by atoms with Gasteiger partial charge < -0.3 is 9.80 Å². The average molecular weight is 412 g/mol. The van der Waals surface area contributed by atoms with Gasteiger partial charge in [-0.15, -0.1) is 11.3 Å². The van der Waals surface area contributed by atoms with Gasteiger partial charge in [-0.2, -0.15) is 0 Å². The van der Waals surface area contributed by atoms with Crippen molar-refractivity contribution in [1.82, 2.24) is 9.88 Å². The molecule has 0 spiro atoms. The Morgan fingerprint density at radius 3 is 2.56 bits per heavy atom. The van der Waals surface area contributed by atoms with E-state index in [1.54, 1.807) is 11.3 Å². The minimum absolute atomic E-state index is 0.158. The topological polar surface area (TPSA) is 36.4 Å². The lowest BCUT2D eigenvalue weighted by molar-refractivity contribution is -0.130. The Morgan fingerprint density at radius 1 is 1.08 bits per heavy atom. The number of carbonyl (C=O) groups excluding carboxylic acids is 1. The molecule has 2 aromatic heterocycles. The minimum atomic E-state index is 0.158. The van der Waals surface area contributed by atoms with Crippen molar-refractivity contribution >= 4 is 67.1 Å². The maximum Gasteiger partial charge on any atom is 0.227 e. The summed E-state index contributed by atoms with van der Waals surface area (Å²) in [5.74, 6) is 0.158. The molecule has 1 amide bonds. The molecule has 3 heterocycles. The molecule has 8 heteroatoms. The number of hydrogen-bond acceptors (Lipinski definition) is 5. The molecule has 0 N–H and O–H groups in total. The van der Waals surface area contributed by atoms with Crippen molar-refractivity contribution in [2.75, 3.05) is 31.1 Å².